The van der Waals surface area contributed by atoms with Gasteiger partial charge in [-0.25, -0.2) is 13.1 Å². The number of sulfonamides is 1. The number of hydrogen-bond donors (Lipinski definition) is 3. The first-order valence-corrected chi connectivity index (χ1v) is 7.60. The molecular weight excluding hydrogens is 242 g/mol. The lowest BCUT2D eigenvalue weighted by Crippen LogP contribution is -2.58. The molecular formula is C10H21N3O3S. The van der Waals surface area contributed by atoms with Gasteiger partial charge in [0.15, 0.2) is 0 Å². The molecule has 1 aliphatic heterocycles. The molecule has 1 heterocycles. The van der Waals surface area contributed by atoms with Crippen LogP contribution in [0.2, 0.25) is 0 Å². The molecule has 0 aromatic carbocycles. The smallest absolute Gasteiger partial charge is 0.240 e. The number of piperidine rings is 1. The van der Waals surface area contributed by atoms with Gasteiger partial charge in [0.1, 0.15) is 5.54 Å². The molecule has 1 fully saturated rings. The Balaban J connectivity index is 2.55. The van der Waals surface area contributed by atoms with Gasteiger partial charge in [-0.1, -0.05) is 0 Å². The standard InChI is InChI=1S/C10H21N3O3S/c1-10(2,13-17(3,15)16)9(14)12-8-5-4-6-11-7-8/h8,11,13H,4-7H2,1-3H3,(H,12,14)/t8-/m0/s1. The highest BCUT2D eigenvalue weighted by Crippen LogP contribution is 2.07. The van der Waals surface area contributed by atoms with E-state index in [1.807, 2.05) is 0 Å². The van der Waals surface area contributed by atoms with Crippen LogP contribution in [0.3, 0.4) is 0 Å². The maximum absolute atomic E-state index is 11.9. The fourth-order valence-electron chi connectivity index (χ4n) is 1.85. The van der Waals surface area contributed by atoms with E-state index in [4.69, 9.17) is 0 Å². The number of hydrogen-bond acceptors (Lipinski definition) is 4. The van der Waals surface area contributed by atoms with E-state index in [9.17, 15) is 13.2 Å². The second kappa shape index (κ2) is 5.32. The van der Waals surface area contributed by atoms with Crippen LogP contribution in [0, 0.1) is 0 Å². The molecule has 100 valence electrons. The number of amides is 1. The molecule has 0 bridgehead atoms. The Bertz CT molecular complexity index is 372. The number of rotatable bonds is 4. The van der Waals surface area contributed by atoms with Gasteiger partial charge in [0.2, 0.25) is 15.9 Å². The highest BCUT2D eigenvalue weighted by molar-refractivity contribution is 7.88. The first kappa shape index (κ1) is 14.4. The topological polar surface area (TPSA) is 87.3 Å². The van der Waals surface area contributed by atoms with Crippen LogP contribution in [0.4, 0.5) is 0 Å². The second-order valence-corrected chi connectivity index (χ2v) is 6.76. The maximum atomic E-state index is 11.9. The van der Waals surface area contributed by atoms with E-state index < -0.39 is 15.6 Å². The highest BCUT2D eigenvalue weighted by atomic mass is 32.2. The summed E-state index contributed by atoms with van der Waals surface area (Å²) in [5.74, 6) is -0.295. The van der Waals surface area contributed by atoms with Crippen molar-refractivity contribution in [3.05, 3.63) is 0 Å². The molecule has 0 aromatic heterocycles. The lowest BCUT2D eigenvalue weighted by atomic mass is 10.0. The summed E-state index contributed by atoms with van der Waals surface area (Å²) in [6.45, 7) is 4.82. The molecule has 1 aliphatic rings. The summed E-state index contributed by atoms with van der Waals surface area (Å²) in [6, 6.07) is 0.0804. The first-order chi connectivity index (χ1) is 7.71. The molecule has 6 nitrogen and oxygen atoms in total. The summed E-state index contributed by atoms with van der Waals surface area (Å²) in [5, 5.41) is 6.04. The molecule has 17 heavy (non-hydrogen) atoms. The summed E-state index contributed by atoms with van der Waals surface area (Å²) in [7, 11) is -3.39. The van der Waals surface area contributed by atoms with Crippen molar-refractivity contribution in [2.75, 3.05) is 19.3 Å². The van der Waals surface area contributed by atoms with Crippen LogP contribution in [0.25, 0.3) is 0 Å². The van der Waals surface area contributed by atoms with Crippen LogP contribution >= 0.6 is 0 Å². The van der Waals surface area contributed by atoms with Gasteiger partial charge in [-0.2, -0.15) is 0 Å². The van der Waals surface area contributed by atoms with Gasteiger partial charge >= 0.3 is 0 Å². The first-order valence-electron chi connectivity index (χ1n) is 5.71. The Labute approximate surface area is 103 Å². The largest absolute Gasteiger partial charge is 0.350 e. The van der Waals surface area contributed by atoms with E-state index in [2.05, 4.69) is 15.4 Å². The molecule has 3 N–H and O–H groups in total. The predicted octanol–water partition coefficient (Wildman–Crippen LogP) is -0.818. The van der Waals surface area contributed by atoms with Crippen LogP contribution in [-0.4, -0.2) is 45.3 Å². The van der Waals surface area contributed by atoms with Crippen molar-refractivity contribution in [1.82, 2.24) is 15.4 Å². The summed E-state index contributed by atoms with van der Waals surface area (Å²) < 4.78 is 24.6. The molecule has 0 unspecified atom stereocenters. The minimum absolute atomic E-state index is 0.0804. The summed E-state index contributed by atoms with van der Waals surface area (Å²) in [5.41, 5.74) is -1.12. The molecule has 1 amide bonds. The third kappa shape index (κ3) is 5.01. The Morgan fingerprint density at radius 1 is 1.41 bits per heavy atom. The third-order valence-electron chi connectivity index (χ3n) is 2.64. The molecule has 1 saturated heterocycles. The molecule has 1 atom stereocenters. The van der Waals surface area contributed by atoms with Crippen LogP contribution in [0.1, 0.15) is 26.7 Å². The Hall–Kier alpha value is -0.660. The minimum atomic E-state index is -3.39. The van der Waals surface area contributed by atoms with Crippen molar-refractivity contribution >= 4 is 15.9 Å². The fraction of sp³-hybridized carbons (Fsp3) is 0.900. The maximum Gasteiger partial charge on any atom is 0.240 e. The molecule has 7 heteroatoms. The predicted molar refractivity (Wildman–Crippen MR) is 66.1 cm³/mol. The van der Waals surface area contributed by atoms with Gasteiger partial charge < -0.3 is 10.6 Å². The normalized spacial score (nSPS) is 22.2. The summed E-state index contributed by atoms with van der Waals surface area (Å²) in [6.07, 6.45) is 2.99. The third-order valence-corrected chi connectivity index (χ3v) is 3.52. The lowest BCUT2D eigenvalue weighted by molar-refractivity contribution is -0.126. The molecule has 0 aliphatic carbocycles. The molecule has 0 saturated carbocycles. The quantitative estimate of drug-likeness (QED) is 0.618. The van der Waals surface area contributed by atoms with Crippen molar-refractivity contribution < 1.29 is 13.2 Å². The number of carbonyl (C=O) groups excluding carboxylic acids is 1. The van der Waals surface area contributed by atoms with Crippen molar-refractivity contribution in [2.45, 2.75) is 38.3 Å². The van der Waals surface area contributed by atoms with E-state index in [0.29, 0.717) is 0 Å². The fourth-order valence-corrected chi connectivity index (χ4v) is 2.87. The van der Waals surface area contributed by atoms with Gasteiger partial charge in [-0.15, -0.1) is 0 Å². The van der Waals surface area contributed by atoms with Gasteiger partial charge in [-0.05, 0) is 33.2 Å². The van der Waals surface area contributed by atoms with Crippen LogP contribution < -0.4 is 15.4 Å². The summed E-state index contributed by atoms with van der Waals surface area (Å²) in [4.78, 5) is 11.9. The van der Waals surface area contributed by atoms with Gasteiger partial charge in [-0.3, -0.25) is 4.79 Å². The number of nitrogens with one attached hydrogen (secondary N) is 3. The van der Waals surface area contributed by atoms with E-state index in [-0.39, 0.29) is 11.9 Å². The van der Waals surface area contributed by atoms with Crippen molar-refractivity contribution in [3.63, 3.8) is 0 Å². The zero-order valence-corrected chi connectivity index (χ0v) is 11.4. The van der Waals surface area contributed by atoms with E-state index in [0.717, 1.165) is 32.2 Å². The highest BCUT2D eigenvalue weighted by Gasteiger charge is 2.32. The van der Waals surface area contributed by atoms with E-state index >= 15 is 0 Å². The van der Waals surface area contributed by atoms with E-state index in [1.165, 1.54) is 0 Å². The minimum Gasteiger partial charge on any atom is -0.350 e. The molecule has 0 radical (unpaired) electrons. The lowest BCUT2D eigenvalue weighted by Gasteiger charge is -2.29. The average molecular weight is 263 g/mol. The zero-order chi connectivity index (χ0) is 13.1. The van der Waals surface area contributed by atoms with Crippen molar-refractivity contribution in [2.24, 2.45) is 0 Å². The molecule has 0 aromatic rings. The summed E-state index contributed by atoms with van der Waals surface area (Å²) >= 11 is 0. The second-order valence-electron chi connectivity index (χ2n) is 5.02. The molecule has 0 spiro atoms. The Morgan fingerprint density at radius 3 is 2.53 bits per heavy atom. The van der Waals surface area contributed by atoms with Crippen molar-refractivity contribution in [1.29, 1.82) is 0 Å². The Kier molecular flexibility index (Phi) is 4.51. The zero-order valence-electron chi connectivity index (χ0n) is 10.5. The van der Waals surface area contributed by atoms with Crippen molar-refractivity contribution in [3.8, 4) is 0 Å². The van der Waals surface area contributed by atoms with Crippen LogP contribution in [0.15, 0.2) is 0 Å². The number of carbonyl (C=O) groups is 1. The van der Waals surface area contributed by atoms with E-state index in [1.54, 1.807) is 13.8 Å². The SMILES string of the molecule is CC(C)(NS(C)(=O)=O)C(=O)N[C@H]1CCCNC1. The van der Waals surface area contributed by atoms with Crippen LogP contribution in [0.5, 0.6) is 0 Å². The monoisotopic (exact) mass is 263 g/mol. The van der Waals surface area contributed by atoms with Gasteiger partial charge in [0.05, 0.1) is 6.26 Å². The van der Waals surface area contributed by atoms with Gasteiger partial charge in [0.25, 0.3) is 0 Å². The van der Waals surface area contributed by atoms with Gasteiger partial charge in [0, 0.05) is 12.6 Å². The average Bonchev–Trinajstić information content (AvgIpc) is 2.15. The van der Waals surface area contributed by atoms with Crippen LogP contribution in [-0.2, 0) is 14.8 Å². The molecule has 1 rings (SSSR count). The Morgan fingerprint density at radius 2 is 2.06 bits per heavy atom.